The van der Waals surface area contributed by atoms with E-state index in [9.17, 15) is 9.90 Å². The Labute approximate surface area is 128 Å². The third-order valence-electron chi connectivity index (χ3n) is 3.77. The molecule has 1 aliphatic heterocycles. The second-order valence-electron chi connectivity index (χ2n) is 5.34. The normalized spacial score (nSPS) is 18.9. The Bertz CT molecular complexity index is 442. The summed E-state index contributed by atoms with van der Waals surface area (Å²) in [6.45, 7) is 4.59. The van der Waals surface area contributed by atoms with Gasteiger partial charge in [0.25, 0.3) is 0 Å². The molecule has 2 rings (SSSR count). The van der Waals surface area contributed by atoms with E-state index in [-0.39, 0.29) is 12.0 Å². The zero-order valence-corrected chi connectivity index (χ0v) is 13.2. The summed E-state index contributed by atoms with van der Waals surface area (Å²) in [6, 6.07) is 3.77. The highest BCUT2D eigenvalue weighted by Crippen LogP contribution is 2.21. The highest BCUT2D eigenvalue weighted by atomic mass is 35.5. The van der Waals surface area contributed by atoms with Gasteiger partial charge in [0.15, 0.2) is 0 Å². The van der Waals surface area contributed by atoms with Crippen molar-refractivity contribution in [1.82, 2.24) is 10.2 Å². The smallest absolute Gasteiger partial charge is 0.234 e. The minimum Gasteiger partial charge on any atom is -0.393 e. The van der Waals surface area contributed by atoms with Gasteiger partial charge in [-0.2, -0.15) is 0 Å². The van der Waals surface area contributed by atoms with Crippen LogP contribution in [0.3, 0.4) is 0 Å². The summed E-state index contributed by atoms with van der Waals surface area (Å²) in [5.41, 5.74) is 0. The molecule has 1 aromatic heterocycles. The van der Waals surface area contributed by atoms with Gasteiger partial charge in [0.05, 0.1) is 23.5 Å². The lowest BCUT2D eigenvalue weighted by atomic mass is 9.92. The Balaban J connectivity index is 1.67. The standard InChI is InChI=1S/C14H21ClN2O2S/c1-10(18)11-4-6-17(7-5-11)9-14(19)16-8-12-2-3-13(15)20-12/h2-3,10-11,18H,4-9H2,1H3,(H,16,19). The van der Waals surface area contributed by atoms with Crippen LogP contribution in [-0.2, 0) is 11.3 Å². The number of likely N-dealkylation sites (tertiary alicyclic amines) is 1. The van der Waals surface area contributed by atoms with Crippen LogP contribution in [0.5, 0.6) is 0 Å². The molecule has 20 heavy (non-hydrogen) atoms. The highest BCUT2D eigenvalue weighted by Gasteiger charge is 2.23. The lowest BCUT2D eigenvalue weighted by Crippen LogP contribution is -2.42. The third kappa shape index (κ3) is 4.74. The van der Waals surface area contributed by atoms with Crippen molar-refractivity contribution in [3.05, 3.63) is 21.3 Å². The Kier molecular flexibility index (Phi) is 5.84. The summed E-state index contributed by atoms with van der Waals surface area (Å²) >= 11 is 7.34. The Hall–Kier alpha value is -0.620. The largest absolute Gasteiger partial charge is 0.393 e. The molecule has 0 radical (unpaired) electrons. The number of nitrogens with zero attached hydrogens (tertiary/aromatic N) is 1. The number of thiophene rings is 1. The van der Waals surface area contributed by atoms with E-state index in [0.29, 0.717) is 19.0 Å². The van der Waals surface area contributed by atoms with Crippen LogP contribution in [0.15, 0.2) is 12.1 Å². The monoisotopic (exact) mass is 316 g/mol. The number of hydrogen-bond donors (Lipinski definition) is 2. The van der Waals surface area contributed by atoms with Gasteiger partial charge in [0, 0.05) is 4.88 Å². The molecule has 1 atom stereocenters. The maximum atomic E-state index is 11.9. The topological polar surface area (TPSA) is 52.6 Å². The molecule has 0 spiro atoms. The SMILES string of the molecule is CC(O)C1CCN(CC(=O)NCc2ccc(Cl)s2)CC1. The van der Waals surface area contributed by atoms with Gasteiger partial charge in [-0.05, 0) is 50.9 Å². The fourth-order valence-corrected chi connectivity index (χ4v) is 3.51. The molecular weight excluding hydrogens is 296 g/mol. The number of amides is 1. The summed E-state index contributed by atoms with van der Waals surface area (Å²) in [6.07, 6.45) is 1.69. The van der Waals surface area contributed by atoms with Gasteiger partial charge in [-0.3, -0.25) is 9.69 Å². The lowest BCUT2D eigenvalue weighted by molar-refractivity contribution is -0.122. The Morgan fingerprint density at radius 3 is 2.80 bits per heavy atom. The molecule has 112 valence electrons. The van der Waals surface area contributed by atoms with E-state index in [1.807, 2.05) is 19.1 Å². The quantitative estimate of drug-likeness (QED) is 0.875. The van der Waals surface area contributed by atoms with Crippen molar-refractivity contribution in [2.24, 2.45) is 5.92 Å². The average molecular weight is 317 g/mol. The first-order valence-corrected chi connectivity index (χ1v) is 8.15. The van der Waals surface area contributed by atoms with Crippen molar-refractivity contribution in [2.75, 3.05) is 19.6 Å². The van der Waals surface area contributed by atoms with E-state index in [1.54, 1.807) is 0 Å². The van der Waals surface area contributed by atoms with Gasteiger partial charge in [0.2, 0.25) is 5.91 Å². The third-order valence-corrected chi connectivity index (χ3v) is 5.00. The van der Waals surface area contributed by atoms with E-state index >= 15 is 0 Å². The lowest BCUT2D eigenvalue weighted by Gasteiger charge is -2.32. The maximum absolute atomic E-state index is 11.9. The predicted molar refractivity (Wildman–Crippen MR) is 82.0 cm³/mol. The van der Waals surface area contributed by atoms with Gasteiger partial charge in [0.1, 0.15) is 0 Å². The van der Waals surface area contributed by atoms with Crippen LogP contribution in [0.2, 0.25) is 4.34 Å². The van der Waals surface area contributed by atoms with Crippen LogP contribution < -0.4 is 5.32 Å². The van der Waals surface area contributed by atoms with Gasteiger partial charge in [-0.15, -0.1) is 11.3 Å². The molecule has 2 heterocycles. The summed E-state index contributed by atoms with van der Waals surface area (Å²) in [5, 5.41) is 12.5. The van der Waals surface area contributed by atoms with Gasteiger partial charge in [-0.1, -0.05) is 11.6 Å². The maximum Gasteiger partial charge on any atom is 0.234 e. The number of carbonyl (C=O) groups is 1. The van der Waals surface area contributed by atoms with Crippen molar-refractivity contribution < 1.29 is 9.90 Å². The highest BCUT2D eigenvalue weighted by molar-refractivity contribution is 7.16. The summed E-state index contributed by atoms with van der Waals surface area (Å²) < 4.78 is 0.745. The molecular formula is C14H21ClN2O2S. The minimum atomic E-state index is -0.241. The molecule has 1 saturated heterocycles. The molecule has 1 fully saturated rings. The molecule has 1 aliphatic rings. The van der Waals surface area contributed by atoms with Gasteiger partial charge >= 0.3 is 0 Å². The van der Waals surface area contributed by atoms with E-state index in [4.69, 9.17) is 11.6 Å². The van der Waals surface area contributed by atoms with Crippen LogP contribution in [0, 0.1) is 5.92 Å². The fraction of sp³-hybridized carbons (Fsp3) is 0.643. The van der Waals surface area contributed by atoms with Crippen molar-refractivity contribution in [3.8, 4) is 0 Å². The number of aliphatic hydroxyl groups is 1. The number of carbonyl (C=O) groups excluding carboxylic acids is 1. The van der Waals surface area contributed by atoms with Crippen molar-refractivity contribution in [2.45, 2.75) is 32.4 Å². The van der Waals surface area contributed by atoms with Crippen molar-refractivity contribution in [3.63, 3.8) is 0 Å². The van der Waals surface area contributed by atoms with E-state index in [0.717, 1.165) is 35.1 Å². The predicted octanol–water partition coefficient (Wildman–Crippen LogP) is 2.11. The van der Waals surface area contributed by atoms with E-state index < -0.39 is 0 Å². The van der Waals surface area contributed by atoms with E-state index in [1.165, 1.54) is 11.3 Å². The zero-order chi connectivity index (χ0) is 14.5. The average Bonchev–Trinajstić information content (AvgIpc) is 2.83. The molecule has 1 aromatic rings. The fourth-order valence-electron chi connectivity index (χ4n) is 2.48. The van der Waals surface area contributed by atoms with Crippen LogP contribution in [0.25, 0.3) is 0 Å². The number of piperidine rings is 1. The zero-order valence-electron chi connectivity index (χ0n) is 11.6. The first-order valence-electron chi connectivity index (χ1n) is 6.96. The van der Waals surface area contributed by atoms with Gasteiger partial charge < -0.3 is 10.4 Å². The number of hydrogen-bond acceptors (Lipinski definition) is 4. The van der Waals surface area contributed by atoms with Crippen LogP contribution in [-0.4, -0.2) is 41.7 Å². The second kappa shape index (κ2) is 7.41. The minimum absolute atomic E-state index is 0.0463. The number of nitrogens with one attached hydrogen (secondary N) is 1. The molecule has 1 unspecified atom stereocenters. The molecule has 4 nitrogen and oxygen atoms in total. The number of halogens is 1. The van der Waals surface area contributed by atoms with Crippen molar-refractivity contribution >= 4 is 28.8 Å². The van der Waals surface area contributed by atoms with Crippen LogP contribution >= 0.6 is 22.9 Å². The first kappa shape index (κ1) is 15.8. The number of rotatable bonds is 5. The molecule has 0 saturated carbocycles. The second-order valence-corrected chi connectivity index (χ2v) is 7.14. The Morgan fingerprint density at radius 1 is 1.55 bits per heavy atom. The van der Waals surface area contributed by atoms with E-state index in [2.05, 4.69) is 10.2 Å². The first-order chi connectivity index (χ1) is 9.54. The molecule has 0 aromatic carbocycles. The van der Waals surface area contributed by atoms with Gasteiger partial charge in [-0.25, -0.2) is 0 Å². The molecule has 6 heteroatoms. The van der Waals surface area contributed by atoms with Crippen LogP contribution in [0.1, 0.15) is 24.6 Å². The number of aliphatic hydroxyl groups excluding tert-OH is 1. The molecule has 0 bridgehead atoms. The Morgan fingerprint density at radius 2 is 2.25 bits per heavy atom. The molecule has 0 aliphatic carbocycles. The summed E-state index contributed by atoms with van der Waals surface area (Å²) in [4.78, 5) is 15.1. The molecule has 2 N–H and O–H groups in total. The van der Waals surface area contributed by atoms with Crippen LogP contribution in [0.4, 0.5) is 0 Å². The van der Waals surface area contributed by atoms with Crippen molar-refractivity contribution in [1.29, 1.82) is 0 Å². The summed E-state index contributed by atoms with van der Waals surface area (Å²) in [5.74, 6) is 0.424. The molecule has 1 amide bonds. The summed E-state index contributed by atoms with van der Waals surface area (Å²) in [7, 11) is 0.